The summed E-state index contributed by atoms with van der Waals surface area (Å²) in [6.45, 7) is 13.7. The van der Waals surface area contributed by atoms with Crippen LogP contribution in [0.3, 0.4) is 0 Å². The van der Waals surface area contributed by atoms with Gasteiger partial charge in [0.05, 0.1) is 5.82 Å². The second-order valence-corrected chi connectivity index (χ2v) is 6.27. The first kappa shape index (κ1) is 16.7. The van der Waals surface area contributed by atoms with Crippen LogP contribution in [0.5, 0.6) is 0 Å². The number of hydrogen-bond donors (Lipinski definition) is 1. The van der Waals surface area contributed by atoms with E-state index in [-0.39, 0.29) is 0 Å². The van der Waals surface area contributed by atoms with Gasteiger partial charge < -0.3 is 20.0 Å². The molecule has 1 aromatic carbocycles. The predicted octanol–water partition coefficient (Wildman–Crippen LogP) is 3.18. The fourth-order valence-corrected chi connectivity index (χ4v) is 2.70. The summed E-state index contributed by atoms with van der Waals surface area (Å²) >= 11 is 0. The molecule has 0 aliphatic carbocycles. The minimum absolute atomic E-state index is 0.933. The summed E-state index contributed by atoms with van der Waals surface area (Å²) < 4.78 is 0. The van der Waals surface area contributed by atoms with Crippen molar-refractivity contribution in [1.82, 2.24) is 9.80 Å². The highest BCUT2D eigenvalue weighted by molar-refractivity contribution is 5.64. The van der Waals surface area contributed by atoms with Crippen molar-refractivity contribution < 1.29 is 0 Å². The Balaban J connectivity index is 0.000000545. The maximum atomic E-state index is 4.01. The van der Waals surface area contributed by atoms with E-state index >= 15 is 0 Å². The summed E-state index contributed by atoms with van der Waals surface area (Å²) in [4.78, 5) is 7.01. The van der Waals surface area contributed by atoms with E-state index in [4.69, 9.17) is 0 Å². The van der Waals surface area contributed by atoms with Crippen LogP contribution in [0.1, 0.15) is 25.8 Å². The van der Waals surface area contributed by atoms with E-state index in [2.05, 4.69) is 72.7 Å². The highest BCUT2D eigenvalue weighted by Crippen LogP contribution is 2.29. The van der Waals surface area contributed by atoms with Gasteiger partial charge in [0.25, 0.3) is 0 Å². The standard InChI is InChI=1S/C15H22N4.C3H8/c1-12-16-15-5-4-14(10-13(15)11-18(12)3)19-8-6-17(2)7-9-19;1-3-2/h4-5,10,16H,1,6-9,11H2,2-3H3;3H2,1-2H3. The van der Waals surface area contributed by atoms with E-state index in [9.17, 15) is 0 Å². The Hall–Kier alpha value is -1.68. The minimum Gasteiger partial charge on any atom is -0.369 e. The Morgan fingerprint density at radius 2 is 1.73 bits per heavy atom. The second kappa shape index (κ2) is 7.54. The highest BCUT2D eigenvalue weighted by Gasteiger charge is 2.18. The van der Waals surface area contributed by atoms with Crippen molar-refractivity contribution in [2.24, 2.45) is 0 Å². The molecule has 4 nitrogen and oxygen atoms in total. The molecule has 0 atom stereocenters. The van der Waals surface area contributed by atoms with E-state index in [1.807, 2.05) is 0 Å². The molecular formula is C18H30N4. The Labute approximate surface area is 135 Å². The largest absolute Gasteiger partial charge is 0.369 e. The number of nitrogens with zero attached hydrogens (tertiary/aromatic N) is 3. The lowest BCUT2D eigenvalue weighted by atomic mass is 10.1. The van der Waals surface area contributed by atoms with Crippen LogP contribution in [0.25, 0.3) is 0 Å². The monoisotopic (exact) mass is 302 g/mol. The molecule has 2 aliphatic heterocycles. The molecule has 0 bridgehead atoms. The van der Waals surface area contributed by atoms with Crippen LogP contribution >= 0.6 is 0 Å². The van der Waals surface area contributed by atoms with E-state index in [1.165, 1.54) is 23.4 Å². The lowest BCUT2D eigenvalue weighted by molar-refractivity contribution is 0.313. The molecule has 122 valence electrons. The van der Waals surface area contributed by atoms with Gasteiger partial charge in [-0.2, -0.15) is 0 Å². The van der Waals surface area contributed by atoms with Crippen molar-refractivity contribution in [3.8, 4) is 0 Å². The van der Waals surface area contributed by atoms with Crippen molar-refractivity contribution in [2.75, 3.05) is 50.5 Å². The van der Waals surface area contributed by atoms with Gasteiger partial charge in [0.1, 0.15) is 0 Å². The van der Waals surface area contributed by atoms with Gasteiger partial charge in [-0.25, -0.2) is 0 Å². The SMILES string of the molecule is C=C1Nc2ccc(N3CCN(C)CC3)cc2CN1C.CCC. The number of hydrogen-bond acceptors (Lipinski definition) is 4. The summed E-state index contributed by atoms with van der Waals surface area (Å²) in [5.41, 5.74) is 3.89. The molecule has 2 heterocycles. The van der Waals surface area contributed by atoms with E-state index in [0.29, 0.717) is 0 Å². The zero-order chi connectivity index (χ0) is 16.1. The van der Waals surface area contributed by atoms with Crippen molar-refractivity contribution in [1.29, 1.82) is 0 Å². The first-order valence-electron chi connectivity index (χ1n) is 8.28. The first-order chi connectivity index (χ1) is 10.5. The Morgan fingerprint density at radius 1 is 1.09 bits per heavy atom. The smallest absolute Gasteiger partial charge is 0.0983 e. The third kappa shape index (κ3) is 3.95. The van der Waals surface area contributed by atoms with Gasteiger partial charge in [-0.15, -0.1) is 0 Å². The molecule has 4 heteroatoms. The number of anilines is 2. The first-order valence-corrected chi connectivity index (χ1v) is 8.28. The van der Waals surface area contributed by atoms with Crippen LogP contribution in [0.2, 0.25) is 0 Å². The zero-order valence-corrected chi connectivity index (χ0v) is 14.5. The quantitative estimate of drug-likeness (QED) is 0.860. The number of likely N-dealkylation sites (N-methyl/N-ethyl adjacent to an activating group) is 1. The molecule has 2 aliphatic rings. The predicted molar refractivity (Wildman–Crippen MR) is 96.3 cm³/mol. The lowest BCUT2D eigenvalue weighted by Crippen LogP contribution is -2.44. The molecule has 3 rings (SSSR count). The summed E-state index contributed by atoms with van der Waals surface area (Å²) in [5, 5.41) is 3.35. The lowest BCUT2D eigenvalue weighted by Gasteiger charge is -2.35. The van der Waals surface area contributed by atoms with Gasteiger partial charge >= 0.3 is 0 Å². The molecule has 0 spiro atoms. The summed E-state index contributed by atoms with van der Waals surface area (Å²) in [6.07, 6.45) is 1.25. The molecule has 0 unspecified atom stereocenters. The minimum atomic E-state index is 0.933. The van der Waals surface area contributed by atoms with Crippen molar-refractivity contribution in [2.45, 2.75) is 26.8 Å². The van der Waals surface area contributed by atoms with Gasteiger partial charge in [0.15, 0.2) is 0 Å². The molecule has 0 saturated carbocycles. The molecule has 1 fully saturated rings. The second-order valence-electron chi connectivity index (χ2n) is 6.27. The van der Waals surface area contributed by atoms with Gasteiger partial charge in [-0.05, 0) is 30.8 Å². The van der Waals surface area contributed by atoms with E-state index in [0.717, 1.165) is 38.5 Å². The molecule has 1 aromatic rings. The molecule has 0 aromatic heterocycles. The Kier molecular flexibility index (Phi) is 5.72. The number of nitrogens with one attached hydrogen (secondary N) is 1. The van der Waals surface area contributed by atoms with Gasteiger partial charge in [-0.3, -0.25) is 0 Å². The maximum Gasteiger partial charge on any atom is 0.0983 e. The number of benzene rings is 1. The molecule has 1 saturated heterocycles. The van der Waals surface area contributed by atoms with Crippen molar-refractivity contribution >= 4 is 11.4 Å². The van der Waals surface area contributed by atoms with E-state index < -0.39 is 0 Å². The van der Waals surface area contributed by atoms with Gasteiger partial charge in [0.2, 0.25) is 0 Å². The van der Waals surface area contributed by atoms with E-state index in [1.54, 1.807) is 0 Å². The fraction of sp³-hybridized carbons (Fsp3) is 0.556. The third-order valence-electron chi connectivity index (χ3n) is 4.10. The number of piperazine rings is 1. The van der Waals surface area contributed by atoms with Crippen LogP contribution in [0.4, 0.5) is 11.4 Å². The fourth-order valence-electron chi connectivity index (χ4n) is 2.70. The van der Waals surface area contributed by atoms with Crippen molar-refractivity contribution in [3.05, 3.63) is 36.2 Å². The number of rotatable bonds is 1. The summed E-state index contributed by atoms with van der Waals surface area (Å²) in [6, 6.07) is 6.72. The highest BCUT2D eigenvalue weighted by atomic mass is 15.3. The van der Waals surface area contributed by atoms with Crippen LogP contribution < -0.4 is 10.2 Å². The number of fused-ring (bicyclic) bond motifs is 1. The summed E-state index contributed by atoms with van der Waals surface area (Å²) in [7, 11) is 4.26. The Bertz CT molecular complexity index is 504. The molecule has 0 radical (unpaired) electrons. The van der Waals surface area contributed by atoms with Gasteiger partial charge in [0, 0.05) is 51.1 Å². The average Bonchev–Trinajstić information content (AvgIpc) is 2.50. The third-order valence-corrected chi connectivity index (χ3v) is 4.10. The molecule has 0 amide bonds. The van der Waals surface area contributed by atoms with Crippen LogP contribution in [0.15, 0.2) is 30.6 Å². The topological polar surface area (TPSA) is 21.8 Å². The normalized spacial score (nSPS) is 18.3. The van der Waals surface area contributed by atoms with Crippen LogP contribution in [0, 0.1) is 0 Å². The average molecular weight is 302 g/mol. The summed E-state index contributed by atoms with van der Waals surface area (Å²) in [5.74, 6) is 0.972. The Morgan fingerprint density at radius 3 is 2.36 bits per heavy atom. The zero-order valence-electron chi connectivity index (χ0n) is 14.5. The van der Waals surface area contributed by atoms with Crippen LogP contribution in [-0.4, -0.2) is 50.1 Å². The van der Waals surface area contributed by atoms with Gasteiger partial charge in [-0.1, -0.05) is 26.8 Å². The molecule has 22 heavy (non-hydrogen) atoms. The molecule has 1 N–H and O–H groups in total. The maximum absolute atomic E-state index is 4.01. The molecular weight excluding hydrogens is 272 g/mol. The van der Waals surface area contributed by atoms with Crippen molar-refractivity contribution in [3.63, 3.8) is 0 Å². The van der Waals surface area contributed by atoms with Crippen LogP contribution in [-0.2, 0) is 6.54 Å².